The predicted octanol–water partition coefficient (Wildman–Crippen LogP) is 16.7. The molecule has 0 N–H and O–H groups in total. The zero-order chi connectivity index (χ0) is 41.9. The Morgan fingerprint density at radius 2 is 0.984 bits per heavy atom. The van der Waals surface area contributed by atoms with E-state index < -0.39 is 0 Å². The first-order valence-corrected chi connectivity index (χ1v) is 22.0. The van der Waals surface area contributed by atoms with Gasteiger partial charge in [-0.3, -0.25) is 0 Å². The van der Waals surface area contributed by atoms with Gasteiger partial charge in [0.1, 0.15) is 0 Å². The number of benzene rings is 10. The number of rotatable bonds is 7. The summed E-state index contributed by atoms with van der Waals surface area (Å²) < 4.78 is 0. The second-order valence-corrected chi connectivity index (χ2v) is 16.9. The van der Waals surface area contributed by atoms with E-state index in [1.807, 2.05) is 0 Å². The molecule has 0 amide bonds. The zero-order valence-corrected chi connectivity index (χ0v) is 35.1. The highest BCUT2D eigenvalue weighted by molar-refractivity contribution is 6.23. The summed E-state index contributed by atoms with van der Waals surface area (Å²) >= 11 is 0. The van der Waals surface area contributed by atoms with Crippen molar-refractivity contribution in [3.63, 3.8) is 0 Å². The normalized spacial score (nSPS) is 15.2. The van der Waals surface area contributed by atoms with Crippen LogP contribution in [0.5, 0.6) is 0 Å². The van der Waals surface area contributed by atoms with E-state index in [0.29, 0.717) is 5.92 Å². The molecule has 1 aliphatic carbocycles. The lowest BCUT2D eigenvalue weighted by Crippen LogP contribution is -2.28. The van der Waals surface area contributed by atoms with Crippen molar-refractivity contribution in [2.45, 2.75) is 18.9 Å². The van der Waals surface area contributed by atoms with E-state index >= 15 is 0 Å². The molecule has 2 heteroatoms. The van der Waals surface area contributed by atoms with Gasteiger partial charge in [0.05, 0.1) is 6.04 Å². The first-order chi connectivity index (χ1) is 31.2. The van der Waals surface area contributed by atoms with Gasteiger partial charge in [-0.05, 0) is 133 Å². The molecule has 1 aliphatic heterocycles. The summed E-state index contributed by atoms with van der Waals surface area (Å²) in [5.41, 5.74) is 15.9. The summed E-state index contributed by atoms with van der Waals surface area (Å²) in [6.45, 7) is 2.20. The summed E-state index contributed by atoms with van der Waals surface area (Å²) in [6.07, 6.45) is 9.03. The van der Waals surface area contributed by atoms with Crippen molar-refractivity contribution in [2.75, 3.05) is 9.80 Å². The standard InChI is InChI=1S/C61H44N2/c1-41-26-39-56-57(40-41)61(53-23-13-15-44-14-5-6-18-50(44)53)55-22-8-7-21-54(55)60(56)45-29-27-42(28-30-45)43-31-33-47(34-32-43)62(46-16-3-2-4-17-46)48-35-37-49(38-36-48)63-58-24-11-9-19-51(58)52-20-10-12-25-59(52)63/h2-40,51,58H,1H3. The van der Waals surface area contributed by atoms with Gasteiger partial charge in [0.2, 0.25) is 0 Å². The van der Waals surface area contributed by atoms with Gasteiger partial charge in [0.15, 0.2) is 0 Å². The molecular weight excluding hydrogens is 761 g/mol. The molecule has 0 aromatic heterocycles. The lowest BCUT2D eigenvalue weighted by atomic mass is 9.84. The Bertz CT molecular complexity index is 3390. The summed E-state index contributed by atoms with van der Waals surface area (Å²) in [6, 6.07) is 78.4. The van der Waals surface area contributed by atoms with E-state index in [1.165, 1.54) is 88.2 Å². The van der Waals surface area contributed by atoms with Crippen molar-refractivity contribution >= 4 is 60.8 Å². The highest BCUT2D eigenvalue weighted by Gasteiger charge is 2.37. The van der Waals surface area contributed by atoms with E-state index in [9.17, 15) is 0 Å². The number of hydrogen-bond donors (Lipinski definition) is 0. The Labute approximate surface area is 369 Å². The minimum atomic E-state index is 0.273. The van der Waals surface area contributed by atoms with Gasteiger partial charge in [0.25, 0.3) is 0 Å². The maximum absolute atomic E-state index is 2.49. The van der Waals surface area contributed by atoms with Gasteiger partial charge in [-0.1, -0.05) is 188 Å². The van der Waals surface area contributed by atoms with Crippen LogP contribution < -0.4 is 9.80 Å². The smallest absolute Gasteiger partial charge is 0.0629 e. The van der Waals surface area contributed by atoms with Crippen LogP contribution in [0.3, 0.4) is 0 Å². The summed E-state index contributed by atoms with van der Waals surface area (Å²) in [5.74, 6) is 0.360. The van der Waals surface area contributed by atoms with Crippen LogP contribution >= 0.6 is 0 Å². The average molecular weight is 805 g/mol. The second-order valence-electron chi connectivity index (χ2n) is 16.9. The van der Waals surface area contributed by atoms with E-state index in [-0.39, 0.29) is 6.04 Å². The van der Waals surface area contributed by atoms with Crippen molar-refractivity contribution in [3.8, 4) is 33.4 Å². The Hall–Kier alpha value is -7.94. The molecule has 10 aromatic rings. The fourth-order valence-electron chi connectivity index (χ4n) is 10.3. The van der Waals surface area contributed by atoms with Gasteiger partial charge in [-0.2, -0.15) is 0 Å². The number of para-hydroxylation sites is 2. The van der Waals surface area contributed by atoms with Crippen LogP contribution in [0.15, 0.2) is 237 Å². The molecule has 2 nitrogen and oxygen atoms in total. The van der Waals surface area contributed by atoms with Gasteiger partial charge in [-0.15, -0.1) is 0 Å². The molecule has 12 rings (SSSR count). The number of hydrogen-bond acceptors (Lipinski definition) is 2. The van der Waals surface area contributed by atoms with Crippen molar-refractivity contribution in [2.24, 2.45) is 0 Å². The van der Waals surface area contributed by atoms with Crippen molar-refractivity contribution in [1.29, 1.82) is 0 Å². The molecule has 1 heterocycles. The van der Waals surface area contributed by atoms with Crippen molar-refractivity contribution < 1.29 is 0 Å². The van der Waals surface area contributed by atoms with E-state index in [1.54, 1.807) is 0 Å². The topological polar surface area (TPSA) is 6.48 Å². The largest absolute Gasteiger partial charge is 0.333 e. The fourth-order valence-corrected chi connectivity index (χ4v) is 10.3. The molecule has 10 aromatic carbocycles. The van der Waals surface area contributed by atoms with Crippen molar-refractivity contribution in [3.05, 3.63) is 248 Å². The molecule has 63 heavy (non-hydrogen) atoms. The minimum Gasteiger partial charge on any atom is -0.333 e. The fraction of sp³-hybridized carbons (Fsp3) is 0.0492. The predicted molar refractivity (Wildman–Crippen MR) is 268 cm³/mol. The van der Waals surface area contributed by atoms with E-state index in [2.05, 4.69) is 253 Å². The molecule has 0 saturated heterocycles. The molecule has 0 spiro atoms. The molecule has 298 valence electrons. The third-order valence-corrected chi connectivity index (χ3v) is 13.2. The highest BCUT2D eigenvalue weighted by Crippen LogP contribution is 2.49. The zero-order valence-electron chi connectivity index (χ0n) is 35.1. The number of allylic oxidation sites excluding steroid dienone is 2. The molecule has 0 radical (unpaired) electrons. The van der Waals surface area contributed by atoms with Gasteiger partial charge < -0.3 is 9.80 Å². The Kier molecular flexibility index (Phi) is 8.90. The second kappa shape index (κ2) is 15.2. The molecule has 2 atom stereocenters. The molecule has 2 unspecified atom stereocenters. The molecule has 2 aliphatic rings. The maximum atomic E-state index is 2.49. The summed E-state index contributed by atoms with van der Waals surface area (Å²) in [7, 11) is 0. The van der Waals surface area contributed by atoms with Gasteiger partial charge in [-0.25, -0.2) is 0 Å². The first kappa shape index (κ1) is 36.9. The van der Waals surface area contributed by atoms with Crippen LogP contribution in [-0.4, -0.2) is 6.04 Å². The Morgan fingerprint density at radius 3 is 1.76 bits per heavy atom. The van der Waals surface area contributed by atoms with Crippen LogP contribution in [-0.2, 0) is 0 Å². The molecule has 0 bridgehead atoms. The lowest BCUT2D eigenvalue weighted by Gasteiger charge is -2.30. The van der Waals surface area contributed by atoms with E-state index in [4.69, 9.17) is 0 Å². The SMILES string of the molecule is Cc1ccc2c(-c3ccc(-c4ccc(N(c5ccccc5)c5ccc(N6c7ccccc7C7C=CC=CC76)cc5)cc4)cc3)c3ccccc3c(-c3cccc4ccccc34)c2c1. The number of nitrogens with zero attached hydrogens (tertiary/aromatic N) is 2. The Morgan fingerprint density at radius 1 is 0.413 bits per heavy atom. The van der Waals surface area contributed by atoms with E-state index in [0.717, 1.165) is 17.1 Å². The van der Waals surface area contributed by atoms with Crippen LogP contribution in [0.4, 0.5) is 28.4 Å². The number of anilines is 5. The third kappa shape index (κ3) is 6.25. The molecular formula is C61H44N2. The summed E-state index contributed by atoms with van der Waals surface area (Å²) in [5, 5.41) is 7.62. The summed E-state index contributed by atoms with van der Waals surface area (Å²) in [4.78, 5) is 4.84. The average Bonchev–Trinajstić information content (AvgIpc) is 3.68. The third-order valence-electron chi connectivity index (χ3n) is 13.2. The molecule has 0 saturated carbocycles. The lowest BCUT2D eigenvalue weighted by molar-refractivity contribution is 0.745. The van der Waals surface area contributed by atoms with Gasteiger partial charge in [0, 0.05) is 34.4 Å². The van der Waals surface area contributed by atoms with Crippen molar-refractivity contribution in [1.82, 2.24) is 0 Å². The van der Waals surface area contributed by atoms with Crippen LogP contribution in [0, 0.1) is 6.92 Å². The first-order valence-electron chi connectivity index (χ1n) is 22.0. The maximum Gasteiger partial charge on any atom is 0.0629 e. The number of aryl methyl sites for hydroxylation is 1. The quantitative estimate of drug-likeness (QED) is 0.148. The minimum absolute atomic E-state index is 0.273. The van der Waals surface area contributed by atoms with Gasteiger partial charge >= 0.3 is 0 Å². The number of fused-ring (bicyclic) bond motifs is 6. The van der Waals surface area contributed by atoms with Crippen LogP contribution in [0.25, 0.3) is 65.7 Å². The van der Waals surface area contributed by atoms with Crippen LogP contribution in [0.1, 0.15) is 17.0 Å². The highest BCUT2D eigenvalue weighted by atomic mass is 15.2. The molecule has 0 fully saturated rings. The monoisotopic (exact) mass is 804 g/mol. The Balaban J connectivity index is 0.890. The van der Waals surface area contributed by atoms with Crippen LogP contribution in [0.2, 0.25) is 0 Å².